The summed E-state index contributed by atoms with van der Waals surface area (Å²) >= 11 is 0. The first-order valence-corrected chi connectivity index (χ1v) is 14.0. The Kier molecular flexibility index (Phi) is 7.88. The van der Waals surface area contributed by atoms with Gasteiger partial charge in [-0.2, -0.15) is 0 Å². The molecule has 0 radical (unpaired) electrons. The number of hydrogen-bond donors (Lipinski definition) is 2. The molecule has 0 aromatic rings. The number of ether oxygens (including phenoxy) is 1. The van der Waals surface area contributed by atoms with Gasteiger partial charge in [0.25, 0.3) is 0 Å². The van der Waals surface area contributed by atoms with Crippen LogP contribution in [0.4, 0.5) is 0 Å². The van der Waals surface area contributed by atoms with Crippen LogP contribution in [0.1, 0.15) is 45.4 Å². The van der Waals surface area contributed by atoms with Crippen molar-refractivity contribution in [2.24, 2.45) is 34.8 Å². The van der Waals surface area contributed by atoms with Crippen molar-refractivity contribution in [3.05, 3.63) is 11.6 Å². The van der Waals surface area contributed by atoms with Crippen molar-refractivity contribution in [2.45, 2.75) is 63.8 Å². The number of allylic oxidation sites excluding steroid dienone is 1. The summed E-state index contributed by atoms with van der Waals surface area (Å²) in [6.45, 7) is 3.17. The molecule has 0 aromatic heterocycles. The zero-order valence-corrected chi connectivity index (χ0v) is 20.5. The largest absolute Gasteiger partial charge is 0.514 e. The minimum absolute atomic E-state index is 0.0164. The average Bonchev–Trinajstić information content (AvgIpc) is 3.22. The van der Waals surface area contributed by atoms with E-state index in [0.717, 1.165) is 19.3 Å². The second-order valence-electron chi connectivity index (χ2n) is 9.58. The molecule has 1 aliphatic heterocycles. The number of nitrogens with two attached hydrogens (primary N) is 1. The summed E-state index contributed by atoms with van der Waals surface area (Å²) in [5.41, 5.74) is 7.37. The first kappa shape index (κ1) is 23.8. The van der Waals surface area contributed by atoms with Crippen LogP contribution >= 0.6 is 16.8 Å². The third-order valence-corrected chi connectivity index (χ3v) is 10.4. The smallest absolute Gasteiger partial charge is 0.390 e. The van der Waals surface area contributed by atoms with E-state index in [4.69, 9.17) is 19.5 Å². The van der Waals surface area contributed by atoms with Gasteiger partial charge in [-0.15, -0.1) is 4.52 Å². The Morgan fingerprint density at radius 2 is 2.26 bits per heavy atom. The van der Waals surface area contributed by atoms with Crippen LogP contribution in [0.5, 0.6) is 0 Å². The van der Waals surface area contributed by atoms with Crippen molar-refractivity contribution in [3.8, 4) is 11.8 Å². The van der Waals surface area contributed by atoms with E-state index in [2.05, 4.69) is 24.8 Å². The van der Waals surface area contributed by atoms with Gasteiger partial charge in [-0.05, 0) is 54.4 Å². The summed E-state index contributed by atoms with van der Waals surface area (Å²) in [6.07, 6.45) is 8.05. The SMILES string of the molecule is CO[P+](=O)CPOC[C@H]1O[C@@H](C2C=C3CC(C#CCN)(CC2)C2CC[C@H]3[C@@H]2C)C[C@H]1O. The van der Waals surface area contributed by atoms with Crippen LogP contribution in [-0.2, 0) is 18.3 Å². The Balaban J connectivity index is 1.42. The van der Waals surface area contributed by atoms with E-state index in [1.54, 1.807) is 5.57 Å². The molecule has 1 heterocycles. The average molecular weight is 468 g/mol. The zero-order chi connectivity index (χ0) is 22.0. The summed E-state index contributed by atoms with van der Waals surface area (Å²) in [7, 11) is -0.122. The molecule has 4 rings (SSSR count). The minimum atomic E-state index is -1.65. The fourth-order valence-corrected chi connectivity index (χ4v) is 8.13. The highest BCUT2D eigenvalue weighted by molar-refractivity contribution is 7.54. The molecule has 2 saturated carbocycles. The maximum Gasteiger partial charge on any atom is 0.514 e. The highest BCUT2D eigenvalue weighted by Gasteiger charge is 2.54. The maximum absolute atomic E-state index is 11.4. The lowest BCUT2D eigenvalue weighted by Crippen LogP contribution is -2.37. The fourth-order valence-electron chi connectivity index (χ4n) is 6.54. The summed E-state index contributed by atoms with van der Waals surface area (Å²) in [4.78, 5) is 0. The standard InChI is InChI=1S/C23H36NO5P2/c1-15-18-4-5-19(15)23(7-3-9-24)8-6-16(10-17(18)12-23)21-11-20(25)22(29-21)13-28-30-14-31(26)27-2/h10,15-16,18-22,25,30H,4-6,8-9,11-14,24H2,1-2H3/q+1/t15-,16?,18-,19?,20+,21+,22+,23?/m0/s1. The third kappa shape index (κ3) is 4.95. The summed E-state index contributed by atoms with van der Waals surface area (Å²) in [6, 6.07) is 0. The number of aliphatic hydroxyl groups excluding tert-OH is 1. The normalized spacial score (nSPS) is 42.3. The maximum atomic E-state index is 11.4. The molecule has 3 aliphatic carbocycles. The van der Waals surface area contributed by atoms with E-state index in [9.17, 15) is 9.67 Å². The topological polar surface area (TPSA) is 91.0 Å². The van der Waals surface area contributed by atoms with Crippen LogP contribution in [0.3, 0.4) is 0 Å². The van der Waals surface area contributed by atoms with Crippen molar-refractivity contribution in [3.63, 3.8) is 0 Å². The number of aliphatic hydroxyl groups is 1. The van der Waals surface area contributed by atoms with Crippen molar-refractivity contribution < 1.29 is 23.5 Å². The van der Waals surface area contributed by atoms with Crippen molar-refractivity contribution in [2.75, 3.05) is 26.2 Å². The van der Waals surface area contributed by atoms with Crippen molar-refractivity contribution in [1.29, 1.82) is 0 Å². The van der Waals surface area contributed by atoms with Gasteiger partial charge in [-0.25, -0.2) is 0 Å². The zero-order valence-electron chi connectivity index (χ0n) is 18.6. The Hall–Kier alpha value is -0.370. The van der Waals surface area contributed by atoms with Gasteiger partial charge >= 0.3 is 8.03 Å². The van der Waals surface area contributed by atoms with Gasteiger partial charge in [0.15, 0.2) is 0 Å². The molecule has 172 valence electrons. The first-order chi connectivity index (χ1) is 15.0. The molecule has 8 heteroatoms. The number of fused-ring (bicyclic) bond motifs is 6. The lowest BCUT2D eigenvalue weighted by atomic mass is 9.60. The van der Waals surface area contributed by atoms with Gasteiger partial charge in [-0.1, -0.05) is 30.4 Å². The molecule has 0 aromatic carbocycles. The molecule has 1 saturated heterocycles. The van der Waals surface area contributed by atoms with E-state index < -0.39 is 14.1 Å². The monoisotopic (exact) mass is 468 g/mol. The van der Waals surface area contributed by atoms with E-state index in [0.29, 0.717) is 49.1 Å². The van der Waals surface area contributed by atoms with E-state index in [1.807, 2.05) is 0 Å². The fraction of sp³-hybridized carbons (Fsp3) is 0.826. The predicted octanol–water partition coefficient (Wildman–Crippen LogP) is 3.81. The quantitative estimate of drug-likeness (QED) is 0.256. The Labute approximate surface area is 188 Å². The lowest BCUT2D eigenvalue weighted by Gasteiger charge is -2.43. The molecule has 3 N–H and O–H groups in total. The van der Waals surface area contributed by atoms with Crippen LogP contribution in [0.2, 0.25) is 0 Å². The molecule has 3 fully saturated rings. The number of rotatable bonds is 7. The van der Waals surface area contributed by atoms with Gasteiger partial charge in [0.05, 0.1) is 41.3 Å². The third-order valence-electron chi connectivity index (χ3n) is 8.03. The number of hydrogen-bond acceptors (Lipinski definition) is 6. The highest BCUT2D eigenvalue weighted by Crippen LogP contribution is 2.61. The molecule has 0 amide bonds. The second kappa shape index (κ2) is 10.3. The molecular weight excluding hydrogens is 432 g/mol. The van der Waals surface area contributed by atoms with E-state index in [-0.39, 0.29) is 26.4 Å². The van der Waals surface area contributed by atoms with Crippen LogP contribution in [0.15, 0.2) is 11.6 Å². The van der Waals surface area contributed by atoms with Crippen LogP contribution in [0.25, 0.3) is 0 Å². The summed E-state index contributed by atoms with van der Waals surface area (Å²) < 4.78 is 28.1. The van der Waals surface area contributed by atoms with Gasteiger partial charge < -0.3 is 20.1 Å². The Bertz CT molecular complexity index is 765. The molecule has 5 unspecified atom stereocenters. The van der Waals surface area contributed by atoms with Crippen LogP contribution < -0.4 is 5.73 Å². The Morgan fingerprint density at radius 3 is 3.03 bits per heavy atom. The summed E-state index contributed by atoms with van der Waals surface area (Å²) in [5, 5.41) is 10.6. The van der Waals surface area contributed by atoms with Crippen LogP contribution in [0, 0.1) is 40.9 Å². The molecule has 4 bridgehead atoms. The van der Waals surface area contributed by atoms with Crippen molar-refractivity contribution in [1.82, 2.24) is 0 Å². The molecule has 4 aliphatic rings. The first-order valence-electron chi connectivity index (χ1n) is 11.5. The minimum Gasteiger partial charge on any atom is -0.390 e. The van der Waals surface area contributed by atoms with E-state index >= 15 is 0 Å². The Morgan fingerprint density at radius 1 is 1.42 bits per heavy atom. The van der Waals surface area contributed by atoms with Gasteiger partial charge in [0.1, 0.15) is 6.10 Å². The highest BCUT2D eigenvalue weighted by atomic mass is 31.2. The van der Waals surface area contributed by atoms with Crippen LogP contribution in [-0.4, -0.2) is 49.6 Å². The molecule has 31 heavy (non-hydrogen) atoms. The second-order valence-corrected chi connectivity index (χ2v) is 12.5. The van der Waals surface area contributed by atoms with Crippen molar-refractivity contribution >= 4 is 16.8 Å². The lowest BCUT2D eigenvalue weighted by molar-refractivity contribution is -0.0262. The summed E-state index contributed by atoms with van der Waals surface area (Å²) in [5.74, 6) is 9.58. The molecular formula is C23H36NO5P2+. The van der Waals surface area contributed by atoms with E-state index in [1.165, 1.54) is 20.0 Å². The van der Waals surface area contributed by atoms with Gasteiger partial charge in [0, 0.05) is 17.8 Å². The van der Waals surface area contributed by atoms with Gasteiger partial charge in [0.2, 0.25) is 5.90 Å². The predicted molar refractivity (Wildman–Crippen MR) is 123 cm³/mol. The van der Waals surface area contributed by atoms with Gasteiger partial charge in [-0.3, -0.25) is 0 Å². The molecule has 10 atom stereocenters. The molecule has 0 spiro atoms. The molecule has 6 nitrogen and oxygen atoms in total.